The van der Waals surface area contributed by atoms with Crippen LogP contribution >= 0.6 is 0 Å². The average molecular weight is 360 g/mol. The monoisotopic (exact) mass is 360 g/mol. The van der Waals surface area contributed by atoms with E-state index in [1.807, 2.05) is 30.3 Å². The smallest absolute Gasteiger partial charge is 0.291 e. The lowest BCUT2D eigenvalue weighted by molar-refractivity contribution is 0.0996. The predicted octanol–water partition coefficient (Wildman–Crippen LogP) is 3.12. The van der Waals surface area contributed by atoms with E-state index >= 15 is 0 Å². The van der Waals surface area contributed by atoms with E-state index in [-0.39, 0.29) is 11.7 Å². The molecule has 2 N–H and O–H groups in total. The van der Waals surface area contributed by atoms with Crippen LogP contribution in [-0.2, 0) is 6.54 Å². The third-order valence-electron chi connectivity index (χ3n) is 3.76. The Bertz CT molecular complexity index is 1030. The van der Waals surface area contributed by atoms with Crippen molar-refractivity contribution in [2.24, 2.45) is 0 Å². The summed E-state index contributed by atoms with van der Waals surface area (Å²) in [5.41, 5.74) is 1.67. The van der Waals surface area contributed by atoms with Crippen LogP contribution in [0, 0.1) is 0 Å². The second kappa shape index (κ2) is 7.52. The molecule has 0 atom stereocenters. The minimum atomic E-state index is -0.289. The second-order valence-corrected chi connectivity index (χ2v) is 5.70. The van der Waals surface area contributed by atoms with Crippen molar-refractivity contribution < 1.29 is 9.21 Å². The van der Waals surface area contributed by atoms with Gasteiger partial charge in [0.2, 0.25) is 0 Å². The Morgan fingerprint density at radius 1 is 1.15 bits per heavy atom. The van der Waals surface area contributed by atoms with E-state index in [9.17, 15) is 4.79 Å². The Morgan fingerprint density at radius 2 is 2.11 bits per heavy atom. The molecule has 0 aliphatic heterocycles. The lowest BCUT2D eigenvalue weighted by Gasteiger charge is -2.09. The SMILES string of the molecule is O=C(Nc1cccc(CNc2cncc(-n3cccn3)n2)c1)c1ccco1. The molecule has 3 heterocycles. The van der Waals surface area contributed by atoms with Crippen LogP contribution in [0.15, 0.2) is 77.9 Å². The summed E-state index contributed by atoms with van der Waals surface area (Å²) in [6, 6.07) is 12.7. The van der Waals surface area contributed by atoms with Gasteiger partial charge >= 0.3 is 0 Å². The molecule has 4 rings (SSSR count). The van der Waals surface area contributed by atoms with Gasteiger partial charge in [0.25, 0.3) is 5.91 Å². The number of amides is 1. The van der Waals surface area contributed by atoms with Gasteiger partial charge in [0, 0.05) is 24.6 Å². The van der Waals surface area contributed by atoms with Gasteiger partial charge in [-0.25, -0.2) is 9.67 Å². The number of hydrogen-bond donors (Lipinski definition) is 2. The number of carbonyl (C=O) groups is 1. The number of benzene rings is 1. The molecule has 1 amide bonds. The first kappa shape index (κ1) is 16.5. The zero-order valence-electron chi connectivity index (χ0n) is 14.2. The Labute approximate surface area is 154 Å². The minimum absolute atomic E-state index is 0.268. The third kappa shape index (κ3) is 4.01. The average Bonchev–Trinajstić information content (AvgIpc) is 3.41. The summed E-state index contributed by atoms with van der Waals surface area (Å²) in [6.07, 6.45) is 8.25. The van der Waals surface area contributed by atoms with E-state index in [1.165, 1.54) is 6.26 Å². The molecule has 0 saturated heterocycles. The highest BCUT2D eigenvalue weighted by atomic mass is 16.3. The first-order chi connectivity index (χ1) is 13.3. The van der Waals surface area contributed by atoms with Crippen molar-refractivity contribution in [3.8, 4) is 5.82 Å². The maximum absolute atomic E-state index is 12.1. The van der Waals surface area contributed by atoms with Crippen LogP contribution in [0.1, 0.15) is 16.1 Å². The summed E-state index contributed by atoms with van der Waals surface area (Å²) in [6.45, 7) is 0.529. The summed E-state index contributed by atoms with van der Waals surface area (Å²) >= 11 is 0. The second-order valence-electron chi connectivity index (χ2n) is 5.70. The van der Waals surface area contributed by atoms with Gasteiger partial charge in [-0.3, -0.25) is 9.78 Å². The van der Waals surface area contributed by atoms with Crippen LogP contribution in [0.2, 0.25) is 0 Å². The van der Waals surface area contributed by atoms with Gasteiger partial charge in [0.05, 0.1) is 18.7 Å². The van der Waals surface area contributed by atoms with Crippen molar-refractivity contribution in [3.05, 3.63) is 84.8 Å². The summed E-state index contributed by atoms with van der Waals surface area (Å²) in [5.74, 6) is 1.24. The van der Waals surface area contributed by atoms with Crippen LogP contribution in [0.3, 0.4) is 0 Å². The first-order valence-electron chi connectivity index (χ1n) is 8.28. The molecule has 0 radical (unpaired) electrons. The largest absolute Gasteiger partial charge is 0.459 e. The molecular weight excluding hydrogens is 344 g/mol. The molecule has 8 heteroatoms. The fourth-order valence-electron chi connectivity index (χ4n) is 2.51. The van der Waals surface area contributed by atoms with Crippen molar-refractivity contribution in [1.82, 2.24) is 19.7 Å². The van der Waals surface area contributed by atoms with Gasteiger partial charge in [-0.15, -0.1) is 0 Å². The quantitative estimate of drug-likeness (QED) is 0.548. The molecule has 27 heavy (non-hydrogen) atoms. The lowest BCUT2D eigenvalue weighted by Crippen LogP contribution is -2.11. The molecule has 0 aliphatic carbocycles. The van der Waals surface area contributed by atoms with Crippen molar-refractivity contribution in [1.29, 1.82) is 0 Å². The van der Waals surface area contributed by atoms with E-state index < -0.39 is 0 Å². The fraction of sp³-hybridized carbons (Fsp3) is 0.0526. The van der Waals surface area contributed by atoms with E-state index in [2.05, 4.69) is 25.7 Å². The number of furan rings is 1. The first-order valence-corrected chi connectivity index (χ1v) is 8.28. The maximum atomic E-state index is 12.1. The standard InChI is InChI=1S/C19H16N6O2/c26-19(16-6-2-9-27-16)23-15-5-1-4-14(10-15)11-21-17-12-20-13-18(24-17)25-8-3-7-22-25/h1-10,12-13H,11H2,(H,21,24)(H,23,26). The predicted molar refractivity (Wildman–Crippen MR) is 99.6 cm³/mol. The van der Waals surface area contributed by atoms with Crippen LogP contribution in [0.25, 0.3) is 5.82 Å². The number of nitrogens with zero attached hydrogens (tertiary/aromatic N) is 4. The van der Waals surface area contributed by atoms with Crippen LogP contribution in [0.5, 0.6) is 0 Å². The van der Waals surface area contributed by atoms with Gasteiger partial charge in [-0.05, 0) is 35.9 Å². The summed E-state index contributed by atoms with van der Waals surface area (Å²) in [5, 5.41) is 10.2. The minimum Gasteiger partial charge on any atom is -0.459 e. The van der Waals surface area contributed by atoms with E-state index in [0.717, 1.165) is 5.56 Å². The van der Waals surface area contributed by atoms with Crippen LogP contribution in [0.4, 0.5) is 11.5 Å². The van der Waals surface area contributed by atoms with Gasteiger partial charge in [-0.1, -0.05) is 12.1 Å². The van der Waals surface area contributed by atoms with Gasteiger partial charge in [0.1, 0.15) is 5.82 Å². The molecule has 0 bridgehead atoms. The Morgan fingerprint density at radius 3 is 2.93 bits per heavy atom. The topological polar surface area (TPSA) is 97.9 Å². The van der Waals surface area contributed by atoms with E-state index in [4.69, 9.17) is 4.42 Å². The number of rotatable bonds is 6. The molecule has 0 saturated carbocycles. The summed E-state index contributed by atoms with van der Waals surface area (Å²) in [4.78, 5) is 20.7. The van der Waals surface area contributed by atoms with Crippen molar-refractivity contribution in [3.63, 3.8) is 0 Å². The number of hydrogen-bond acceptors (Lipinski definition) is 6. The maximum Gasteiger partial charge on any atom is 0.291 e. The van der Waals surface area contributed by atoms with Crippen molar-refractivity contribution in [2.75, 3.05) is 10.6 Å². The molecule has 0 aliphatic rings. The number of anilines is 2. The number of aromatic nitrogens is 4. The fourth-order valence-corrected chi connectivity index (χ4v) is 2.51. The summed E-state index contributed by atoms with van der Waals surface area (Å²) < 4.78 is 6.74. The highest BCUT2D eigenvalue weighted by Crippen LogP contribution is 2.14. The van der Waals surface area contributed by atoms with E-state index in [0.29, 0.717) is 23.9 Å². The third-order valence-corrected chi connectivity index (χ3v) is 3.76. The van der Waals surface area contributed by atoms with Gasteiger partial charge in [0.15, 0.2) is 11.6 Å². The molecule has 0 fully saturated rings. The Kier molecular flexibility index (Phi) is 4.60. The molecule has 3 aromatic heterocycles. The number of nitrogens with one attached hydrogen (secondary N) is 2. The zero-order chi connectivity index (χ0) is 18.5. The Hall–Kier alpha value is -3.94. The molecule has 0 spiro atoms. The molecule has 8 nitrogen and oxygen atoms in total. The van der Waals surface area contributed by atoms with Crippen molar-refractivity contribution in [2.45, 2.75) is 6.54 Å². The molecule has 134 valence electrons. The molecule has 1 aromatic carbocycles. The van der Waals surface area contributed by atoms with Gasteiger partial charge in [-0.2, -0.15) is 5.10 Å². The zero-order valence-corrected chi connectivity index (χ0v) is 14.2. The number of carbonyl (C=O) groups excluding carboxylic acids is 1. The highest BCUT2D eigenvalue weighted by molar-refractivity contribution is 6.02. The lowest BCUT2D eigenvalue weighted by atomic mass is 10.2. The van der Waals surface area contributed by atoms with Crippen LogP contribution < -0.4 is 10.6 Å². The Balaban J connectivity index is 1.42. The van der Waals surface area contributed by atoms with Crippen LogP contribution in [-0.4, -0.2) is 25.7 Å². The van der Waals surface area contributed by atoms with Crippen molar-refractivity contribution >= 4 is 17.4 Å². The van der Waals surface area contributed by atoms with Gasteiger partial charge < -0.3 is 15.1 Å². The van der Waals surface area contributed by atoms with E-state index in [1.54, 1.807) is 41.6 Å². The molecular formula is C19H16N6O2. The molecule has 4 aromatic rings. The highest BCUT2D eigenvalue weighted by Gasteiger charge is 2.09. The normalized spacial score (nSPS) is 10.5. The molecule has 0 unspecified atom stereocenters. The summed E-state index contributed by atoms with van der Waals surface area (Å²) in [7, 11) is 0.